The van der Waals surface area contributed by atoms with E-state index >= 15 is 0 Å². The molecule has 118 valence electrons. The number of nitrogens with one attached hydrogen (secondary N) is 1. The van der Waals surface area contributed by atoms with Crippen LogP contribution in [0.3, 0.4) is 0 Å². The second-order valence-electron chi connectivity index (χ2n) is 5.35. The summed E-state index contributed by atoms with van der Waals surface area (Å²) in [4.78, 5) is 15.1. The molecule has 0 saturated carbocycles. The number of thiophene rings is 1. The summed E-state index contributed by atoms with van der Waals surface area (Å²) < 4.78 is 0.741. The van der Waals surface area contributed by atoms with Crippen molar-refractivity contribution in [3.05, 3.63) is 27.2 Å². The van der Waals surface area contributed by atoms with Crippen LogP contribution in [-0.4, -0.2) is 49.6 Å². The maximum atomic E-state index is 12.2. The average molecular weight is 342 g/mol. The molecular formula is C13H16ClN5O2S. The van der Waals surface area contributed by atoms with Crippen LogP contribution in [0.2, 0.25) is 4.34 Å². The van der Waals surface area contributed by atoms with Crippen LogP contribution >= 0.6 is 22.9 Å². The minimum Gasteiger partial charge on any atom is -0.382 e. The zero-order valence-electron chi connectivity index (χ0n) is 11.8. The monoisotopic (exact) mass is 341 g/mol. The number of amides is 1. The highest BCUT2D eigenvalue weighted by Gasteiger charge is 2.38. The molecule has 1 aliphatic rings. The molecule has 0 spiro atoms. The molecule has 3 heterocycles. The average Bonchev–Trinajstić information content (AvgIpc) is 3.17. The maximum Gasteiger partial charge on any atom is 0.222 e. The standard InChI is InChI=1S/C13H16ClN5O2S/c14-10-3-1-9(22-10)2-4-11(20)19-7-5-13(21,6-8-19)12-15-17-18-16-12/h1,3,21H,2,4-8H2,(H,15,16,17,18). The van der Waals surface area contributed by atoms with E-state index < -0.39 is 5.60 Å². The molecule has 1 saturated heterocycles. The fourth-order valence-electron chi connectivity index (χ4n) is 2.58. The molecular weight excluding hydrogens is 326 g/mol. The van der Waals surface area contributed by atoms with Gasteiger partial charge in [-0.2, -0.15) is 5.21 Å². The molecule has 0 aromatic carbocycles. The lowest BCUT2D eigenvalue weighted by Crippen LogP contribution is -2.45. The van der Waals surface area contributed by atoms with Crippen molar-refractivity contribution in [2.45, 2.75) is 31.3 Å². The molecule has 1 amide bonds. The van der Waals surface area contributed by atoms with Crippen LogP contribution in [0.15, 0.2) is 12.1 Å². The number of likely N-dealkylation sites (tertiary alicyclic amines) is 1. The fourth-order valence-corrected chi connectivity index (χ4v) is 3.67. The summed E-state index contributed by atoms with van der Waals surface area (Å²) in [6.07, 6.45) is 1.99. The first kappa shape index (κ1) is 15.4. The van der Waals surface area contributed by atoms with Crippen LogP contribution in [0.25, 0.3) is 0 Å². The van der Waals surface area contributed by atoms with Crippen LogP contribution in [0.5, 0.6) is 0 Å². The molecule has 7 nitrogen and oxygen atoms in total. The number of aromatic nitrogens is 4. The third-order valence-electron chi connectivity index (χ3n) is 3.92. The van der Waals surface area contributed by atoms with Gasteiger partial charge >= 0.3 is 0 Å². The number of piperidine rings is 1. The van der Waals surface area contributed by atoms with E-state index in [1.807, 2.05) is 12.1 Å². The molecule has 9 heteroatoms. The Balaban J connectivity index is 1.51. The van der Waals surface area contributed by atoms with Crippen LogP contribution in [0.1, 0.15) is 30.0 Å². The van der Waals surface area contributed by atoms with Gasteiger partial charge in [0.1, 0.15) is 5.60 Å². The Morgan fingerprint density at radius 1 is 1.45 bits per heavy atom. The summed E-state index contributed by atoms with van der Waals surface area (Å²) in [6.45, 7) is 0.990. The van der Waals surface area contributed by atoms with Crippen molar-refractivity contribution >= 4 is 28.8 Å². The van der Waals surface area contributed by atoms with Crippen LogP contribution in [0, 0.1) is 0 Å². The van der Waals surface area contributed by atoms with E-state index in [2.05, 4.69) is 20.6 Å². The SMILES string of the molecule is O=C(CCc1ccc(Cl)s1)N1CCC(O)(c2nn[nH]n2)CC1. The number of aliphatic hydroxyl groups is 1. The van der Waals surface area contributed by atoms with E-state index in [9.17, 15) is 9.90 Å². The number of nitrogens with zero attached hydrogens (tertiary/aromatic N) is 4. The minimum absolute atomic E-state index is 0.0969. The third-order valence-corrected chi connectivity index (χ3v) is 5.21. The molecule has 1 aliphatic heterocycles. The predicted molar refractivity (Wildman–Crippen MR) is 81.5 cm³/mol. The highest BCUT2D eigenvalue weighted by Crippen LogP contribution is 2.30. The molecule has 0 bridgehead atoms. The van der Waals surface area contributed by atoms with Crippen LogP contribution < -0.4 is 0 Å². The molecule has 0 aliphatic carbocycles. The number of tetrazole rings is 1. The Hall–Kier alpha value is -1.51. The Morgan fingerprint density at radius 3 is 2.82 bits per heavy atom. The molecule has 1 fully saturated rings. The van der Waals surface area contributed by atoms with Gasteiger partial charge in [0.15, 0.2) is 0 Å². The zero-order valence-corrected chi connectivity index (χ0v) is 13.4. The van der Waals surface area contributed by atoms with Gasteiger partial charge in [-0.25, -0.2) is 0 Å². The number of aryl methyl sites for hydroxylation is 1. The highest BCUT2D eigenvalue weighted by atomic mass is 35.5. The Kier molecular flexibility index (Phi) is 4.42. The van der Waals surface area contributed by atoms with E-state index in [1.165, 1.54) is 11.3 Å². The maximum absolute atomic E-state index is 12.2. The normalized spacial score (nSPS) is 17.6. The van der Waals surface area contributed by atoms with Gasteiger partial charge in [-0.1, -0.05) is 16.8 Å². The van der Waals surface area contributed by atoms with Gasteiger partial charge in [0, 0.05) is 37.2 Å². The van der Waals surface area contributed by atoms with E-state index in [0.29, 0.717) is 44.6 Å². The number of aromatic amines is 1. The van der Waals surface area contributed by atoms with Crippen molar-refractivity contribution in [2.75, 3.05) is 13.1 Å². The molecule has 3 rings (SSSR count). The van der Waals surface area contributed by atoms with Crippen molar-refractivity contribution < 1.29 is 9.90 Å². The largest absolute Gasteiger partial charge is 0.382 e. The van der Waals surface area contributed by atoms with Crippen LogP contribution in [0.4, 0.5) is 0 Å². The topological polar surface area (TPSA) is 95.0 Å². The predicted octanol–water partition coefficient (Wildman–Crippen LogP) is 1.36. The summed E-state index contributed by atoms with van der Waals surface area (Å²) in [5.74, 6) is 0.396. The lowest BCUT2D eigenvalue weighted by Gasteiger charge is -2.36. The molecule has 0 atom stereocenters. The number of rotatable bonds is 4. The minimum atomic E-state index is -1.09. The Bertz CT molecular complexity index is 637. The van der Waals surface area contributed by atoms with Gasteiger partial charge < -0.3 is 10.0 Å². The Labute approximate surface area is 136 Å². The molecule has 2 N–H and O–H groups in total. The van der Waals surface area contributed by atoms with E-state index in [1.54, 1.807) is 4.90 Å². The number of hydrogen-bond donors (Lipinski definition) is 2. The van der Waals surface area contributed by atoms with Gasteiger partial charge in [-0.15, -0.1) is 21.5 Å². The third kappa shape index (κ3) is 3.29. The highest BCUT2D eigenvalue weighted by molar-refractivity contribution is 7.16. The zero-order chi connectivity index (χ0) is 15.6. The molecule has 2 aromatic heterocycles. The first-order valence-corrected chi connectivity index (χ1v) is 8.24. The van der Waals surface area contributed by atoms with Gasteiger partial charge in [-0.05, 0) is 18.6 Å². The number of H-pyrrole nitrogens is 1. The van der Waals surface area contributed by atoms with Crippen molar-refractivity contribution in [3.8, 4) is 0 Å². The Morgan fingerprint density at radius 2 is 2.23 bits per heavy atom. The first-order valence-electron chi connectivity index (χ1n) is 7.05. The fraction of sp³-hybridized carbons (Fsp3) is 0.538. The molecule has 0 radical (unpaired) electrons. The second-order valence-corrected chi connectivity index (χ2v) is 7.15. The number of halogens is 1. The molecule has 2 aromatic rings. The summed E-state index contributed by atoms with van der Waals surface area (Å²) in [5, 5.41) is 24.0. The number of hydrogen-bond acceptors (Lipinski definition) is 6. The van der Waals surface area contributed by atoms with Crippen molar-refractivity contribution in [1.29, 1.82) is 0 Å². The first-order chi connectivity index (χ1) is 10.6. The lowest BCUT2D eigenvalue weighted by molar-refractivity contribution is -0.136. The summed E-state index contributed by atoms with van der Waals surface area (Å²) in [7, 11) is 0. The number of carbonyl (C=O) groups excluding carboxylic acids is 1. The summed E-state index contributed by atoms with van der Waals surface area (Å²) in [6, 6.07) is 3.80. The van der Waals surface area contributed by atoms with Crippen molar-refractivity contribution in [3.63, 3.8) is 0 Å². The van der Waals surface area contributed by atoms with Gasteiger partial charge in [0.05, 0.1) is 4.34 Å². The summed E-state index contributed by atoms with van der Waals surface area (Å²) >= 11 is 7.38. The quantitative estimate of drug-likeness (QED) is 0.875. The summed E-state index contributed by atoms with van der Waals surface area (Å²) in [5.41, 5.74) is -1.09. The second kappa shape index (κ2) is 6.31. The van der Waals surface area contributed by atoms with Crippen LogP contribution in [-0.2, 0) is 16.8 Å². The van der Waals surface area contributed by atoms with Gasteiger partial charge in [0.25, 0.3) is 0 Å². The lowest BCUT2D eigenvalue weighted by atomic mass is 9.90. The van der Waals surface area contributed by atoms with Gasteiger partial charge in [0.2, 0.25) is 11.7 Å². The van der Waals surface area contributed by atoms with Crippen molar-refractivity contribution in [2.24, 2.45) is 0 Å². The number of carbonyl (C=O) groups is 1. The molecule has 0 unspecified atom stereocenters. The van der Waals surface area contributed by atoms with E-state index in [-0.39, 0.29) is 5.91 Å². The van der Waals surface area contributed by atoms with Gasteiger partial charge in [-0.3, -0.25) is 4.79 Å². The van der Waals surface area contributed by atoms with Crippen molar-refractivity contribution in [1.82, 2.24) is 25.5 Å². The molecule has 22 heavy (non-hydrogen) atoms. The van der Waals surface area contributed by atoms with E-state index in [4.69, 9.17) is 11.6 Å². The smallest absolute Gasteiger partial charge is 0.222 e. The van der Waals surface area contributed by atoms with E-state index in [0.717, 1.165) is 9.21 Å².